The highest BCUT2D eigenvalue weighted by molar-refractivity contribution is 6.33. The number of carbonyl (C=O) groups is 5. The molecule has 39 heavy (non-hydrogen) atoms. The molecule has 2 aromatic carbocycles. The number of fused-ring (bicyclic) bond motifs is 2. The molecule has 0 aliphatic heterocycles. The first-order valence-electron chi connectivity index (χ1n) is 12.9. The third-order valence-corrected chi connectivity index (χ3v) is 7.75. The van der Waals surface area contributed by atoms with Crippen LogP contribution in [0.25, 0.3) is 0 Å². The Hall–Kier alpha value is -4.01. The number of esters is 1. The van der Waals surface area contributed by atoms with E-state index in [9.17, 15) is 24.0 Å². The summed E-state index contributed by atoms with van der Waals surface area (Å²) in [6.07, 6.45) is 0.986. The molecule has 0 saturated heterocycles. The predicted molar refractivity (Wildman–Crippen MR) is 149 cm³/mol. The average molecular weight is 536 g/mol. The largest absolute Gasteiger partial charge is 0.463 e. The maximum Gasteiger partial charge on any atom is 0.312 e. The van der Waals surface area contributed by atoms with E-state index in [-0.39, 0.29) is 75.2 Å². The van der Waals surface area contributed by atoms with E-state index in [1.54, 1.807) is 12.1 Å². The van der Waals surface area contributed by atoms with E-state index in [1.165, 1.54) is 24.1 Å². The van der Waals surface area contributed by atoms with E-state index < -0.39 is 22.9 Å². The summed E-state index contributed by atoms with van der Waals surface area (Å²) in [7, 11) is 1.46. The minimum atomic E-state index is -0.741. The third-order valence-electron chi connectivity index (χ3n) is 7.75. The Morgan fingerprint density at radius 3 is 1.95 bits per heavy atom. The highest BCUT2D eigenvalue weighted by atomic mass is 16.5. The van der Waals surface area contributed by atoms with Crippen LogP contribution in [-0.4, -0.2) is 54.8 Å². The number of nitrogens with two attached hydrogens (primary N) is 2. The van der Waals surface area contributed by atoms with Crippen LogP contribution in [0.15, 0.2) is 24.3 Å². The van der Waals surface area contributed by atoms with Gasteiger partial charge < -0.3 is 21.1 Å². The predicted octanol–water partition coefficient (Wildman–Crippen LogP) is 4.15. The van der Waals surface area contributed by atoms with Crippen molar-refractivity contribution in [3.05, 3.63) is 57.6 Å². The number of ether oxygens (including phenoxy) is 1. The zero-order valence-corrected chi connectivity index (χ0v) is 23.6. The summed E-state index contributed by atoms with van der Waals surface area (Å²) in [5, 5.41) is 0. The molecule has 208 valence electrons. The van der Waals surface area contributed by atoms with Crippen LogP contribution in [0.5, 0.6) is 0 Å². The number of carbonyl (C=O) groups excluding carboxylic acids is 5. The van der Waals surface area contributed by atoms with Gasteiger partial charge in [-0.15, -0.1) is 0 Å². The summed E-state index contributed by atoms with van der Waals surface area (Å²) in [5.41, 5.74) is 10.2. The van der Waals surface area contributed by atoms with Crippen molar-refractivity contribution in [3.63, 3.8) is 0 Å². The Labute approximate surface area is 228 Å². The van der Waals surface area contributed by atoms with Crippen LogP contribution < -0.4 is 11.5 Å². The van der Waals surface area contributed by atoms with Gasteiger partial charge >= 0.3 is 5.97 Å². The maximum atomic E-state index is 13.5. The van der Waals surface area contributed by atoms with Crippen molar-refractivity contribution >= 4 is 41.1 Å². The highest BCUT2D eigenvalue weighted by Gasteiger charge is 2.46. The van der Waals surface area contributed by atoms with Crippen molar-refractivity contribution in [2.75, 3.05) is 31.7 Å². The Bertz CT molecular complexity index is 1370. The van der Waals surface area contributed by atoms with Gasteiger partial charge in [0.2, 0.25) is 0 Å². The summed E-state index contributed by atoms with van der Waals surface area (Å²) in [5.74, 6) is -1.89. The molecular formula is C30H37N3O6. The van der Waals surface area contributed by atoms with Gasteiger partial charge in [-0.3, -0.25) is 24.0 Å². The molecule has 1 aliphatic carbocycles. The summed E-state index contributed by atoms with van der Waals surface area (Å²) >= 11 is 0. The number of likely N-dealkylation sites (N-methyl/N-ethyl adjacent to an activating group) is 1. The summed E-state index contributed by atoms with van der Waals surface area (Å²) in [6, 6.07) is 6.21. The molecular weight excluding hydrogens is 498 g/mol. The monoisotopic (exact) mass is 535 g/mol. The van der Waals surface area contributed by atoms with E-state index in [4.69, 9.17) is 16.2 Å². The van der Waals surface area contributed by atoms with E-state index >= 15 is 0 Å². The number of amides is 1. The molecule has 2 aromatic rings. The Balaban J connectivity index is 1.90. The molecule has 4 N–H and O–H groups in total. The smallest absolute Gasteiger partial charge is 0.312 e. The number of ketones is 2. The number of benzene rings is 2. The molecule has 0 heterocycles. The summed E-state index contributed by atoms with van der Waals surface area (Å²) in [6.45, 7) is 11.8. The van der Waals surface area contributed by atoms with Gasteiger partial charge in [-0.2, -0.15) is 0 Å². The number of hydrogen-bond acceptors (Lipinski definition) is 8. The van der Waals surface area contributed by atoms with Crippen molar-refractivity contribution in [3.8, 4) is 0 Å². The lowest BCUT2D eigenvalue weighted by Crippen LogP contribution is -2.43. The topological polar surface area (TPSA) is 150 Å². The lowest BCUT2D eigenvalue weighted by atomic mass is 9.64. The Kier molecular flexibility index (Phi) is 8.05. The van der Waals surface area contributed by atoms with Gasteiger partial charge in [0.1, 0.15) is 6.61 Å². The number of nitrogens with zero attached hydrogens (tertiary/aromatic N) is 1. The molecule has 9 nitrogen and oxygen atoms in total. The van der Waals surface area contributed by atoms with Crippen molar-refractivity contribution < 1.29 is 28.7 Å². The third kappa shape index (κ3) is 5.05. The standard InChI is InChI=1S/C30H37N3O6/c1-16(2)14-30(6,29(3,4)5)28(38)39-13-12-33(7)27(37)20-19(15-34)23(31)21-22(24(20)32)26(36)18-11-9-8-10-17(18)25(21)35/h8-11,15-16H,12-14,31-32H2,1-7H3. The molecule has 1 aliphatic rings. The Morgan fingerprint density at radius 2 is 1.49 bits per heavy atom. The normalized spacial score (nSPS) is 14.4. The highest BCUT2D eigenvalue weighted by Crippen LogP contribution is 2.44. The fraction of sp³-hybridized carbons (Fsp3) is 0.433. The van der Waals surface area contributed by atoms with Crippen molar-refractivity contribution in [1.29, 1.82) is 0 Å². The number of nitrogen functional groups attached to an aromatic ring is 2. The van der Waals surface area contributed by atoms with E-state index in [2.05, 4.69) is 0 Å². The number of hydrogen-bond donors (Lipinski definition) is 2. The molecule has 0 spiro atoms. The number of rotatable bonds is 8. The molecule has 3 rings (SSSR count). The first-order valence-corrected chi connectivity index (χ1v) is 12.9. The van der Waals surface area contributed by atoms with Crippen molar-refractivity contribution in [1.82, 2.24) is 4.90 Å². The number of anilines is 2. The molecule has 1 unspecified atom stereocenters. The van der Waals surface area contributed by atoms with Gasteiger partial charge in [-0.25, -0.2) is 0 Å². The van der Waals surface area contributed by atoms with Gasteiger partial charge in [-0.05, 0) is 24.7 Å². The summed E-state index contributed by atoms with van der Waals surface area (Å²) < 4.78 is 5.61. The molecule has 1 amide bonds. The molecule has 0 bridgehead atoms. The zero-order valence-electron chi connectivity index (χ0n) is 23.6. The van der Waals surface area contributed by atoms with Crippen LogP contribution in [0.2, 0.25) is 0 Å². The minimum absolute atomic E-state index is 0.00306. The average Bonchev–Trinajstić information content (AvgIpc) is 2.86. The van der Waals surface area contributed by atoms with Gasteiger partial charge in [0.25, 0.3) is 5.91 Å². The zero-order chi connectivity index (χ0) is 29.4. The summed E-state index contributed by atoms with van der Waals surface area (Å²) in [4.78, 5) is 66.4. The second kappa shape index (κ2) is 10.6. The van der Waals surface area contributed by atoms with Crippen LogP contribution in [0, 0.1) is 16.7 Å². The molecule has 1 atom stereocenters. The van der Waals surface area contributed by atoms with Crippen LogP contribution in [0.4, 0.5) is 11.4 Å². The molecule has 0 saturated carbocycles. The van der Waals surface area contributed by atoms with Crippen LogP contribution in [0.3, 0.4) is 0 Å². The Morgan fingerprint density at radius 1 is 0.974 bits per heavy atom. The van der Waals surface area contributed by atoms with Gasteiger partial charge in [0.05, 0.1) is 45.6 Å². The second-order valence-electron chi connectivity index (χ2n) is 11.7. The molecule has 9 heteroatoms. The lowest BCUT2D eigenvalue weighted by molar-refractivity contribution is -0.163. The second-order valence-corrected chi connectivity index (χ2v) is 11.7. The quantitative estimate of drug-likeness (QED) is 0.248. The number of aldehydes is 1. The van der Waals surface area contributed by atoms with Gasteiger partial charge in [0, 0.05) is 18.2 Å². The van der Waals surface area contributed by atoms with Gasteiger partial charge in [0.15, 0.2) is 17.9 Å². The fourth-order valence-corrected chi connectivity index (χ4v) is 5.02. The van der Waals surface area contributed by atoms with E-state index in [1.807, 2.05) is 41.5 Å². The van der Waals surface area contributed by atoms with Crippen LogP contribution in [-0.2, 0) is 9.53 Å². The van der Waals surface area contributed by atoms with Crippen molar-refractivity contribution in [2.45, 2.75) is 48.0 Å². The van der Waals surface area contributed by atoms with E-state index in [0.29, 0.717) is 12.7 Å². The molecule has 0 radical (unpaired) electrons. The first-order chi connectivity index (χ1) is 18.1. The minimum Gasteiger partial charge on any atom is -0.463 e. The molecule has 0 aromatic heterocycles. The van der Waals surface area contributed by atoms with Crippen LogP contribution >= 0.6 is 0 Å². The van der Waals surface area contributed by atoms with E-state index in [0.717, 1.165) is 0 Å². The van der Waals surface area contributed by atoms with Crippen LogP contribution in [0.1, 0.15) is 101 Å². The lowest BCUT2D eigenvalue weighted by Gasteiger charge is -2.40. The fourth-order valence-electron chi connectivity index (χ4n) is 5.02. The maximum absolute atomic E-state index is 13.5. The van der Waals surface area contributed by atoms with Crippen molar-refractivity contribution in [2.24, 2.45) is 16.7 Å². The van der Waals surface area contributed by atoms with Gasteiger partial charge in [-0.1, -0.05) is 58.9 Å². The molecule has 0 fully saturated rings. The SMILES string of the molecule is CC(C)CC(C)(C(=O)OCCN(C)C(=O)c1c(N)c2c(c(N)c1C=O)C(=O)c1ccccc1C2=O)C(C)(C)C. The first kappa shape index (κ1) is 29.5.